The zero-order chi connectivity index (χ0) is 14.8. The number of amides is 1. The van der Waals surface area contributed by atoms with E-state index in [2.05, 4.69) is 10.3 Å². The average Bonchev–Trinajstić information content (AvgIpc) is 2.46. The highest BCUT2D eigenvalue weighted by molar-refractivity contribution is 6.31. The summed E-state index contributed by atoms with van der Waals surface area (Å²) in [4.78, 5) is 16.5. The average molecular weight is 298 g/mol. The minimum Gasteiger partial charge on any atom is -0.399 e. The Morgan fingerprint density at radius 2 is 2.00 bits per heavy atom. The molecule has 0 saturated carbocycles. The van der Waals surface area contributed by atoms with E-state index in [0.29, 0.717) is 22.1 Å². The smallest absolute Gasteiger partial charge is 0.274 e. The molecule has 4 nitrogen and oxygen atoms in total. The molecule has 3 N–H and O–H groups in total. The molecule has 5 heteroatoms. The number of carbonyl (C=O) groups excluding carboxylic acids is 1. The predicted molar refractivity (Wildman–Crippen MR) is 85.6 cm³/mol. The van der Waals surface area contributed by atoms with Crippen LogP contribution in [0.25, 0.3) is 10.8 Å². The molecule has 1 aromatic heterocycles. The molecule has 0 aliphatic heterocycles. The standard InChI is InChI=1S/C16H12ClN3O/c17-11-2-1-3-13(9-11)20-16(21)15-14-5-4-12(18)8-10(14)6-7-19-15/h1-9H,18H2,(H,20,21). The molecule has 0 aliphatic rings. The summed E-state index contributed by atoms with van der Waals surface area (Å²) in [5.41, 5.74) is 7.38. The van der Waals surface area contributed by atoms with Gasteiger partial charge >= 0.3 is 0 Å². The van der Waals surface area contributed by atoms with Crippen LogP contribution >= 0.6 is 11.6 Å². The van der Waals surface area contributed by atoms with E-state index in [1.165, 1.54) is 0 Å². The highest BCUT2D eigenvalue weighted by Gasteiger charge is 2.12. The van der Waals surface area contributed by atoms with E-state index in [4.69, 9.17) is 17.3 Å². The zero-order valence-corrected chi connectivity index (χ0v) is 11.8. The number of hydrogen-bond acceptors (Lipinski definition) is 3. The number of nitrogens with one attached hydrogen (secondary N) is 1. The molecule has 3 aromatic rings. The van der Waals surface area contributed by atoms with E-state index >= 15 is 0 Å². The van der Waals surface area contributed by atoms with Crippen LogP contribution in [0.2, 0.25) is 5.02 Å². The molecule has 0 radical (unpaired) electrons. The van der Waals surface area contributed by atoms with Crippen LogP contribution in [0.4, 0.5) is 11.4 Å². The second-order valence-corrected chi connectivity index (χ2v) is 5.04. The van der Waals surface area contributed by atoms with Crippen molar-refractivity contribution in [2.75, 3.05) is 11.1 Å². The lowest BCUT2D eigenvalue weighted by Gasteiger charge is -2.08. The molecule has 2 aromatic carbocycles. The SMILES string of the molecule is Nc1ccc2c(C(=O)Nc3cccc(Cl)c3)nccc2c1. The summed E-state index contributed by atoms with van der Waals surface area (Å²) >= 11 is 5.91. The molecule has 0 aliphatic carbocycles. The Labute approximate surface area is 126 Å². The van der Waals surface area contributed by atoms with Crippen LogP contribution in [0, 0.1) is 0 Å². The molecule has 0 saturated heterocycles. The summed E-state index contributed by atoms with van der Waals surface area (Å²) in [6.45, 7) is 0. The van der Waals surface area contributed by atoms with Crippen LogP contribution in [0.1, 0.15) is 10.5 Å². The third kappa shape index (κ3) is 2.80. The van der Waals surface area contributed by atoms with Crippen LogP contribution < -0.4 is 11.1 Å². The van der Waals surface area contributed by atoms with Gasteiger partial charge in [0.05, 0.1) is 0 Å². The van der Waals surface area contributed by atoms with Crippen molar-refractivity contribution in [1.82, 2.24) is 4.98 Å². The number of nitrogens with two attached hydrogens (primary N) is 1. The van der Waals surface area contributed by atoms with Crippen molar-refractivity contribution >= 4 is 39.7 Å². The van der Waals surface area contributed by atoms with Gasteiger partial charge in [0, 0.05) is 28.0 Å². The van der Waals surface area contributed by atoms with Crippen molar-refractivity contribution in [3.63, 3.8) is 0 Å². The molecule has 0 unspecified atom stereocenters. The van der Waals surface area contributed by atoms with Gasteiger partial charge in [-0.15, -0.1) is 0 Å². The summed E-state index contributed by atoms with van der Waals surface area (Å²) in [6.07, 6.45) is 1.59. The van der Waals surface area contributed by atoms with Gasteiger partial charge in [0.25, 0.3) is 5.91 Å². The van der Waals surface area contributed by atoms with Gasteiger partial charge in [-0.05, 0) is 47.9 Å². The summed E-state index contributed by atoms with van der Waals surface area (Å²) in [7, 11) is 0. The summed E-state index contributed by atoms with van der Waals surface area (Å²) < 4.78 is 0. The molecule has 0 fully saturated rings. The fourth-order valence-electron chi connectivity index (χ4n) is 2.13. The van der Waals surface area contributed by atoms with Crippen molar-refractivity contribution in [2.45, 2.75) is 0 Å². The third-order valence-electron chi connectivity index (χ3n) is 3.09. The van der Waals surface area contributed by atoms with E-state index in [1.807, 2.05) is 12.1 Å². The number of hydrogen-bond donors (Lipinski definition) is 2. The maximum atomic E-state index is 12.4. The Balaban J connectivity index is 1.98. The first-order valence-electron chi connectivity index (χ1n) is 6.34. The summed E-state index contributed by atoms with van der Waals surface area (Å²) in [6, 6.07) is 14.2. The van der Waals surface area contributed by atoms with Crippen molar-refractivity contribution in [1.29, 1.82) is 0 Å². The van der Waals surface area contributed by atoms with Crippen LogP contribution in [-0.4, -0.2) is 10.9 Å². The molecule has 1 heterocycles. The zero-order valence-electron chi connectivity index (χ0n) is 11.0. The Kier molecular flexibility index (Phi) is 3.46. The number of anilines is 2. The number of pyridine rings is 1. The molecule has 3 rings (SSSR count). The topological polar surface area (TPSA) is 68.0 Å². The number of nitrogen functional groups attached to an aromatic ring is 1. The first-order valence-corrected chi connectivity index (χ1v) is 6.72. The molecular formula is C16H12ClN3O. The van der Waals surface area contributed by atoms with E-state index in [0.717, 1.165) is 10.8 Å². The number of benzene rings is 2. The van der Waals surface area contributed by atoms with Gasteiger partial charge in [0.2, 0.25) is 0 Å². The van der Waals surface area contributed by atoms with Gasteiger partial charge in [-0.3, -0.25) is 9.78 Å². The maximum absolute atomic E-state index is 12.4. The Morgan fingerprint density at radius 3 is 2.81 bits per heavy atom. The van der Waals surface area contributed by atoms with Crippen molar-refractivity contribution in [3.8, 4) is 0 Å². The lowest BCUT2D eigenvalue weighted by atomic mass is 10.1. The first-order chi connectivity index (χ1) is 10.1. The van der Waals surface area contributed by atoms with E-state index in [1.54, 1.807) is 42.6 Å². The molecule has 0 bridgehead atoms. The first kappa shape index (κ1) is 13.4. The van der Waals surface area contributed by atoms with Gasteiger partial charge in [-0.25, -0.2) is 0 Å². The molecule has 0 spiro atoms. The summed E-state index contributed by atoms with van der Waals surface area (Å²) in [5, 5.41) is 4.98. The van der Waals surface area contributed by atoms with Gasteiger partial charge < -0.3 is 11.1 Å². The highest BCUT2D eigenvalue weighted by atomic mass is 35.5. The fourth-order valence-corrected chi connectivity index (χ4v) is 2.32. The van der Waals surface area contributed by atoms with Crippen LogP contribution in [0.5, 0.6) is 0 Å². The molecule has 104 valence electrons. The number of carbonyl (C=O) groups is 1. The highest BCUT2D eigenvalue weighted by Crippen LogP contribution is 2.21. The molecule has 1 amide bonds. The normalized spacial score (nSPS) is 10.5. The van der Waals surface area contributed by atoms with Crippen molar-refractivity contribution in [3.05, 3.63) is 65.4 Å². The Hall–Kier alpha value is -2.59. The van der Waals surface area contributed by atoms with Crippen LogP contribution in [0.3, 0.4) is 0 Å². The molecule has 21 heavy (non-hydrogen) atoms. The second kappa shape index (κ2) is 5.42. The predicted octanol–water partition coefficient (Wildman–Crippen LogP) is 3.72. The Morgan fingerprint density at radius 1 is 1.14 bits per heavy atom. The number of nitrogens with zero attached hydrogens (tertiary/aromatic N) is 1. The van der Waals surface area contributed by atoms with E-state index in [9.17, 15) is 4.79 Å². The second-order valence-electron chi connectivity index (χ2n) is 4.60. The number of aromatic nitrogens is 1. The fraction of sp³-hybridized carbons (Fsp3) is 0. The molecule has 0 atom stereocenters. The van der Waals surface area contributed by atoms with Gasteiger partial charge in [0.1, 0.15) is 5.69 Å². The van der Waals surface area contributed by atoms with Crippen molar-refractivity contribution in [2.24, 2.45) is 0 Å². The van der Waals surface area contributed by atoms with Crippen LogP contribution in [0.15, 0.2) is 54.7 Å². The van der Waals surface area contributed by atoms with Gasteiger partial charge in [0.15, 0.2) is 0 Å². The quantitative estimate of drug-likeness (QED) is 0.708. The minimum atomic E-state index is -0.285. The number of halogens is 1. The molecular weight excluding hydrogens is 286 g/mol. The largest absolute Gasteiger partial charge is 0.399 e. The lowest BCUT2D eigenvalue weighted by molar-refractivity contribution is 0.102. The van der Waals surface area contributed by atoms with E-state index < -0.39 is 0 Å². The van der Waals surface area contributed by atoms with Crippen molar-refractivity contribution < 1.29 is 4.79 Å². The van der Waals surface area contributed by atoms with Crippen LogP contribution in [-0.2, 0) is 0 Å². The monoisotopic (exact) mass is 297 g/mol. The third-order valence-corrected chi connectivity index (χ3v) is 3.32. The summed E-state index contributed by atoms with van der Waals surface area (Å²) in [5.74, 6) is -0.285. The van der Waals surface area contributed by atoms with Gasteiger partial charge in [-0.1, -0.05) is 17.7 Å². The lowest BCUT2D eigenvalue weighted by Crippen LogP contribution is -2.14. The number of fused-ring (bicyclic) bond motifs is 1. The Bertz CT molecular complexity index is 833. The van der Waals surface area contributed by atoms with E-state index in [-0.39, 0.29) is 5.91 Å². The van der Waals surface area contributed by atoms with Gasteiger partial charge in [-0.2, -0.15) is 0 Å². The minimum absolute atomic E-state index is 0.285. The maximum Gasteiger partial charge on any atom is 0.274 e. The number of rotatable bonds is 2.